The molecule has 19 heavy (non-hydrogen) atoms. The largest absolute Gasteiger partial charge is 0.399 e. The van der Waals surface area contributed by atoms with Gasteiger partial charge in [0, 0.05) is 18.3 Å². The van der Waals surface area contributed by atoms with E-state index in [0.29, 0.717) is 12.1 Å². The number of nitrogens with zero attached hydrogens (tertiary/aromatic N) is 1. The average Bonchev–Trinajstić information content (AvgIpc) is 2.41. The molecule has 3 N–H and O–H groups in total. The van der Waals surface area contributed by atoms with Gasteiger partial charge in [-0.25, -0.2) is 4.39 Å². The number of carbonyl (C=O) groups excluding carboxylic acids is 1. The van der Waals surface area contributed by atoms with Crippen LogP contribution in [-0.2, 0) is 11.2 Å². The molecule has 0 fully saturated rings. The van der Waals surface area contributed by atoms with Crippen LogP contribution in [0.2, 0.25) is 0 Å². The van der Waals surface area contributed by atoms with E-state index in [2.05, 4.69) is 10.3 Å². The fourth-order valence-corrected chi connectivity index (χ4v) is 1.63. The molecule has 0 aliphatic heterocycles. The molecule has 0 atom stereocenters. The first-order valence-corrected chi connectivity index (χ1v) is 5.89. The van der Waals surface area contributed by atoms with Crippen molar-refractivity contribution in [1.82, 2.24) is 4.98 Å². The number of hydrogen-bond acceptors (Lipinski definition) is 3. The van der Waals surface area contributed by atoms with Gasteiger partial charge in [0.05, 0.1) is 11.9 Å². The van der Waals surface area contributed by atoms with E-state index in [1.807, 2.05) is 12.1 Å². The standard InChI is InChI=1S/C14H14FN3O/c15-12-9-17-8-7-13(12)18-14(19)6-3-10-1-4-11(16)5-2-10/h1-2,4-5,7-9H,3,6,16H2,(H,17,18,19). The highest BCUT2D eigenvalue weighted by Gasteiger charge is 2.06. The summed E-state index contributed by atoms with van der Waals surface area (Å²) in [4.78, 5) is 15.3. The lowest BCUT2D eigenvalue weighted by atomic mass is 10.1. The van der Waals surface area contributed by atoms with E-state index >= 15 is 0 Å². The van der Waals surface area contributed by atoms with E-state index in [0.717, 1.165) is 11.8 Å². The van der Waals surface area contributed by atoms with E-state index in [4.69, 9.17) is 5.73 Å². The zero-order chi connectivity index (χ0) is 13.7. The van der Waals surface area contributed by atoms with Gasteiger partial charge in [0.2, 0.25) is 5.91 Å². The van der Waals surface area contributed by atoms with Crippen molar-refractivity contribution in [3.63, 3.8) is 0 Å². The molecule has 0 aliphatic carbocycles. The van der Waals surface area contributed by atoms with E-state index in [9.17, 15) is 9.18 Å². The van der Waals surface area contributed by atoms with Gasteiger partial charge in [-0.3, -0.25) is 9.78 Å². The van der Waals surface area contributed by atoms with Crippen LogP contribution >= 0.6 is 0 Å². The maximum absolute atomic E-state index is 13.3. The lowest BCUT2D eigenvalue weighted by Crippen LogP contribution is -2.13. The predicted molar refractivity (Wildman–Crippen MR) is 72.0 cm³/mol. The number of nitrogens with two attached hydrogens (primary N) is 1. The second kappa shape index (κ2) is 5.95. The van der Waals surface area contributed by atoms with Crippen molar-refractivity contribution in [1.29, 1.82) is 0 Å². The average molecular weight is 259 g/mol. The summed E-state index contributed by atoms with van der Waals surface area (Å²) < 4.78 is 13.3. The normalized spacial score (nSPS) is 10.2. The highest BCUT2D eigenvalue weighted by Crippen LogP contribution is 2.12. The van der Waals surface area contributed by atoms with E-state index < -0.39 is 5.82 Å². The van der Waals surface area contributed by atoms with Gasteiger partial charge < -0.3 is 11.1 Å². The van der Waals surface area contributed by atoms with Crippen molar-refractivity contribution >= 4 is 17.3 Å². The predicted octanol–water partition coefficient (Wildman–Crippen LogP) is 2.37. The molecule has 98 valence electrons. The number of anilines is 2. The second-order valence-electron chi connectivity index (χ2n) is 4.15. The molecule has 5 heteroatoms. The SMILES string of the molecule is Nc1ccc(CCC(=O)Nc2ccncc2F)cc1. The molecule has 1 aromatic carbocycles. The van der Waals surface area contributed by atoms with Crippen molar-refractivity contribution in [3.8, 4) is 0 Å². The highest BCUT2D eigenvalue weighted by molar-refractivity contribution is 5.90. The molecule has 0 saturated carbocycles. The first-order chi connectivity index (χ1) is 9.15. The van der Waals surface area contributed by atoms with Gasteiger partial charge in [0.1, 0.15) is 0 Å². The Morgan fingerprint density at radius 1 is 1.26 bits per heavy atom. The maximum atomic E-state index is 13.3. The fourth-order valence-electron chi connectivity index (χ4n) is 1.63. The lowest BCUT2D eigenvalue weighted by Gasteiger charge is -2.06. The number of nitrogens with one attached hydrogen (secondary N) is 1. The van der Waals surface area contributed by atoms with Crippen LogP contribution in [0.4, 0.5) is 15.8 Å². The van der Waals surface area contributed by atoms with Gasteiger partial charge in [0.15, 0.2) is 5.82 Å². The van der Waals surface area contributed by atoms with Gasteiger partial charge in [-0.05, 0) is 30.2 Å². The van der Waals surface area contributed by atoms with Crippen LogP contribution in [0.5, 0.6) is 0 Å². The van der Waals surface area contributed by atoms with E-state index in [-0.39, 0.29) is 18.0 Å². The number of carbonyl (C=O) groups is 1. The number of pyridine rings is 1. The molecule has 2 aromatic rings. The summed E-state index contributed by atoms with van der Waals surface area (Å²) in [6.45, 7) is 0. The minimum Gasteiger partial charge on any atom is -0.399 e. The molecule has 1 amide bonds. The second-order valence-corrected chi connectivity index (χ2v) is 4.15. The lowest BCUT2D eigenvalue weighted by molar-refractivity contribution is -0.116. The molecule has 0 saturated heterocycles. The van der Waals surface area contributed by atoms with Crippen molar-refractivity contribution < 1.29 is 9.18 Å². The van der Waals surface area contributed by atoms with Crippen LogP contribution in [0.1, 0.15) is 12.0 Å². The Morgan fingerprint density at radius 2 is 2.00 bits per heavy atom. The van der Waals surface area contributed by atoms with Crippen LogP contribution in [0, 0.1) is 5.82 Å². The van der Waals surface area contributed by atoms with Crippen molar-refractivity contribution in [2.24, 2.45) is 0 Å². The number of rotatable bonds is 4. The van der Waals surface area contributed by atoms with Gasteiger partial charge in [-0.15, -0.1) is 0 Å². The molecule has 0 spiro atoms. The number of aryl methyl sites for hydroxylation is 1. The number of halogens is 1. The van der Waals surface area contributed by atoms with Crippen LogP contribution in [-0.4, -0.2) is 10.9 Å². The summed E-state index contributed by atoms with van der Waals surface area (Å²) >= 11 is 0. The van der Waals surface area contributed by atoms with Crippen LogP contribution in [0.25, 0.3) is 0 Å². The quantitative estimate of drug-likeness (QED) is 0.828. The number of amides is 1. The fraction of sp³-hybridized carbons (Fsp3) is 0.143. The summed E-state index contributed by atoms with van der Waals surface area (Å²) in [6.07, 6.45) is 3.36. The van der Waals surface area contributed by atoms with Crippen LogP contribution in [0.3, 0.4) is 0 Å². The molecule has 1 heterocycles. The minimum absolute atomic E-state index is 0.150. The Hall–Kier alpha value is -2.43. The number of benzene rings is 1. The number of nitrogen functional groups attached to an aromatic ring is 1. The molecule has 1 aromatic heterocycles. The zero-order valence-corrected chi connectivity index (χ0v) is 10.3. The van der Waals surface area contributed by atoms with Gasteiger partial charge >= 0.3 is 0 Å². The molecule has 2 rings (SSSR count). The third kappa shape index (κ3) is 3.77. The summed E-state index contributed by atoms with van der Waals surface area (Å²) in [5, 5.41) is 2.51. The summed E-state index contributed by atoms with van der Waals surface area (Å²) in [6, 6.07) is 8.74. The Bertz CT molecular complexity index is 569. The minimum atomic E-state index is -0.539. The highest BCUT2D eigenvalue weighted by atomic mass is 19.1. The molecular formula is C14H14FN3O. The Labute approximate surface area is 110 Å². The molecule has 0 radical (unpaired) electrons. The first kappa shape index (κ1) is 13.0. The topological polar surface area (TPSA) is 68.0 Å². The van der Waals surface area contributed by atoms with E-state index in [1.54, 1.807) is 12.1 Å². The maximum Gasteiger partial charge on any atom is 0.224 e. The van der Waals surface area contributed by atoms with Crippen LogP contribution < -0.4 is 11.1 Å². The summed E-state index contributed by atoms with van der Waals surface area (Å²) in [7, 11) is 0. The Kier molecular flexibility index (Phi) is 4.07. The zero-order valence-electron chi connectivity index (χ0n) is 10.3. The molecular weight excluding hydrogens is 245 g/mol. The molecule has 0 bridgehead atoms. The van der Waals surface area contributed by atoms with Gasteiger partial charge in [0.25, 0.3) is 0 Å². The molecule has 4 nitrogen and oxygen atoms in total. The smallest absolute Gasteiger partial charge is 0.224 e. The van der Waals surface area contributed by atoms with Crippen LogP contribution in [0.15, 0.2) is 42.7 Å². The molecule has 0 unspecified atom stereocenters. The number of aromatic nitrogens is 1. The van der Waals surface area contributed by atoms with E-state index in [1.165, 1.54) is 12.3 Å². The first-order valence-electron chi connectivity index (χ1n) is 5.89. The molecule has 0 aliphatic rings. The van der Waals surface area contributed by atoms with Crippen molar-refractivity contribution in [2.75, 3.05) is 11.1 Å². The van der Waals surface area contributed by atoms with Crippen molar-refractivity contribution in [3.05, 3.63) is 54.1 Å². The third-order valence-electron chi connectivity index (χ3n) is 2.67. The van der Waals surface area contributed by atoms with Gasteiger partial charge in [-0.2, -0.15) is 0 Å². The summed E-state index contributed by atoms with van der Waals surface area (Å²) in [5.74, 6) is -0.773. The third-order valence-corrected chi connectivity index (χ3v) is 2.67. The Balaban J connectivity index is 1.88. The Morgan fingerprint density at radius 3 is 2.68 bits per heavy atom. The summed E-state index contributed by atoms with van der Waals surface area (Å²) in [5.41, 5.74) is 7.43. The monoisotopic (exact) mass is 259 g/mol. The van der Waals surface area contributed by atoms with Gasteiger partial charge in [-0.1, -0.05) is 12.1 Å². The van der Waals surface area contributed by atoms with Crippen molar-refractivity contribution in [2.45, 2.75) is 12.8 Å². The number of hydrogen-bond donors (Lipinski definition) is 2.